The number of carbonyl (C=O) groups excluding carboxylic acids is 1. The van der Waals surface area contributed by atoms with Crippen LogP contribution < -0.4 is 11.1 Å². The zero-order valence-corrected chi connectivity index (χ0v) is 13.4. The summed E-state index contributed by atoms with van der Waals surface area (Å²) in [6, 6.07) is 5.95. The highest BCUT2D eigenvalue weighted by molar-refractivity contribution is 9.10. The first-order valence-electron chi connectivity index (χ1n) is 7.11. The third kappa shape index (κ3) is 3.96. The number of hydrogen-bond acceptors (Lipinski definition) is 3. The van der Waals surface area contributed by atoms with E-state index in [-0.39, 0.29) is 5.91 Å². The molecule has 0 unspecified atom stereocenters. The molecule has 0 bridgehead atoms. The summed E-state index contributed by atoms with van der Waals surface area (Å²) in [5.74, 6) is -0.0796. The summed E-state index contributed by atoms with van der Waals surface area (Å²) < 4.78 is 0.772. The Labute approximate surface area is 128 Å². The Morgan fingerprint density at radius 1 is 1.45 bits per heavy atom. The Kier molecular flexibility index (Phi) is 5.43. The van der Waals surface area contributed by atoms with E-state index in [4.69, 9.17) is 5.73 Å². The third-order valence-corrected chi connectivity index (χ3v) is 4.62. The number of carbonyl (C=O) groups is 1. The minimum absolute atomic E-state index is 0.0796. The van der Waals surface area contributed by atoms with Crippen LogP contribution in [0, 0.1) is 0 Å². The molecular weight excluding hydrogens is 318 g/mol. The molecule has 3 N–H and O–H groups in total. The first-order chi connectivity index (χ1) is 9.58. The maximum absolute atomic E-state index is 12.1. The van der Waals surface area contributed by atoms with E-state index < -0.39 is 0 Å². The van der Waals surface area contributed by atoms with E-state index in [0.29, 0.717) is 23.8 Å². The number of amides is 1. The van der Waals surface area contributed by atoms with Crippen LogP contribution in [0.15, 0.2) is 22.7 Å². The molecule has 0 spiro atoms. The molecule has 1 aliphatic rings. The molecule has 20 heavy (non-hydrogen) atoms. The minimum Gasteiger partial charge on any atom is -0.399 e. The lowest BCUT2D eigenvalue weighted by atomic mass is 10.2. The predicted octanol–water partition coefficient (Wildman–Crippen LogP) is 2.64. The molecule has 4 nitrogen and oxygen atoms in total. The number of nitrogens with two attached hydrogens (primary N) is 1. The van der Waals surface area contributed by atoms with Gasteiger partial charge in [-0.15, -0.1) is 0 Å². The number of hydrogen-bond donors (Lipinski definition) is 2. The van der Waals surface area contributed by atoms with Gasteiger partial charge in [0, 0.05) is 29.3 Å². The van der Waals surface area contributed by atoms with Crippen molar-refractivity contribution in [2.75, 3.05) is 25.9 Å². The van der Waals surface area contributed by atoms with Crippen molar-refractivity contribution in [3.63, 3.8) is 0 Å². The summed E-state index contributed by atoms with van der Waals surface area (Å²) in [5.41, 5.74) is 6.91. The van der Waals surface area contributed by atoms with Gasteiger partial charge in [-0.1, -0.05) is 12.8 Å². The van der Waals surface area contributed by atoms with Gasteiger partial charge in [0.25, 0.3) is 5.91 Å². The van der Waals surface area contributed by atoms with Crippen LogP contribution >= 0.6 is 15.9 Å². The Balaban J connectivity index is 1.81. The van der Waals surface area contributed by atoms with E-state index in [9.17, 15) is 4.79 Å². The van der Waals surface area contributed by atoms with Gasteiger partial charge in [-0.2, -0.15) is 0 Å². The van der Waals surface area contributed by atoms with Crippen LogP contribution in [0.25, 0.3) is 0 Å². The molecule has 2 rings (SSSR count). The highest BCUT2D eigenvalue weighted by Gasteiger charge is 2.19. The number of rotatable bonds is 5. The fraction of sp³-hybridized carbons (Fsp3) is 0.533. The Morgan fingerprint density at radius 2 is 2.15 bits per heavy atom. The molecule has 0 atom stereocenters. The van der Waals surface area contributed by atoms with Gasteiger partial charge in [0.05, 0.1) is 5.56 Å². The molecule has 1 aromatic rings. The van der Waals surface area contributed by atoms with Crippen LogP contribution in [0.5, 0.6) is 0 Å². The SMILES string of the molecule is CN(CCNC(=O)c1cc(N)ccc1Br)C1CCCC1. The first-order valence-corrected chi connectivity index (χ1v) is 7.90. The molecule has 1 saturated carbocycles. The normalized spacial score (nSPS) is 15.8. The summed E-state index contributed by atoms with van der Waals surface area (Å²) in [4.78, 5) is 14.5. The molecule has 0 heterocycles. The quantitative estimate of drug-likeness (QED) is 0.810. The zero-order valence-electron chi connectivity index (χ0n) is 11.9. The van der Waals surface area contributed by atoms with Crippen LogP contribution in [-0.4, -0.2) is 37.0 Å². The smallest absolute Gasteiger partial charge is 0.252 e. The fourth-order valence-corrected chi connectivity index (χ4v) is 3.11. The second-order valence-electron chi connectivity index (χ2n) is 5.41. The number of anilines is 1. The largest absolute Gasteiger partial charge is 0.399 e. The molecule has 0 saturated heterocycles. The van der Waals surface area contributed by atoms with E-state index >= 15 is 0 Å². The van der Waals surface area contributed by atoms with Gasteiger partial charge in [0.2, 0.25) is 0 Å². The lowest BCUT2D eigenvalue weighted by Gasteiger charge is -2.23. The second-order valence-corrected chi connectivity index (χ2v) is 6.27. The van der Waals surface area contributed by atoms with Crippen molar-refractivity contribution in [3.05, 3.63) is 28.2 Å². The summed E-state index contributed by atoms with van der Waals surface area (Å²) in [5, 5.41) is 2.96. The van der Waals surface area contributed by atoms with E-state index in [1.807, 2.05) is 0 Å². The van der Waals surface area contributed by atoms with Crippen LogP contribution in [-0.2, 0) is 0 Å². The van der Waals surface area contributed by atoms with E-state index in [2.05, 4.69) is 33.2 Å². The fourth-order valence-electron chi connectivity index (χ4n) is 2.69. The van der Waals surface area contributed by atoms with Crippen molar-refractivity contribution in [1.82, 2.24) is 10.2 Å². The summed E-state index contributed by atoms with van der Waals surface area (Å²) in [6.07, 6.45) is 5.23. The van der Waals surface area contributed by atoms with Crippen molar-refractivity contribution >= 4 is 27.5 Å². The second kappa shape index (κ2) is 7.09. The molecule has 5 heteroatoms. The topological polar surface area (TPSA) is 58.4 Å². The van der Waals surface area contributed by atoms with Crippen molar-refractivity contribution in [2.45, 2.75) is 31.7 Å². The zero-order chi connectivity index (χ0) is 14.5. The summed E-state index contributed by atoms with van der Waals surface area (Å²) >= 11 is 3.38. The van der Waals surface area contributed by atoms with Gasteiger partial charge in [0.1, 0.15) is 0 Å². The lowest BCUT2D eigenvalue weighted by Crippen LogP contribution is -2.37. The standard InChI is InChI=1S/C15H22BrN3O/c1-19(12-4-2-3-5-12)9-8-18-15(20)13-10-11(17)6-7-14(13)16/h6-7,10,12H,2-5,8-9,17H2,1H3,(H,18,20). The number of benzene rings is 1. The summed E-state index contributed by atoms with van der Waals surface area (Å²) in [6.45, 7) is 1.55. The Bertz CT molecular complexity index is 472. The summed E-state index contributed by atoms with van der Waals surface area (Å²) in [7, 11) is 2.14. The van der Waals surface area contributed by atoms with Gasteiger partial charge < -0.3 is 16.0 Å². The van der Waals surface area contributed by atoms with Crippen molar-refractivity contribution in [3.8, 4) is 0 Å². The van der Waals surface area contributed by atoms with Crippen molar-refractivity contribution in [1.29, 1.82) is 0 Å². The van der Waals surface area contributed by atoms with Crippen LogP contribution in [0.4, 0.5) is 5.69 Å². The van der Waals surface area contributed by atoms with Gasteiger partial charge in [-0.05, 0) is 54.0 Å². The molecule has 0 radical (unpaired) electrons. The van der Waals surface area contributed by atoms with Gasteiger partial charge in [-0.3, -0.25) is 4.79 Å². The van der Waals surface area contributed by atoms with E-state index in [0.717, 1.165) is 11.0 Å². The number of nitrogens with zero attached hydrogens (tertiary/aromatic N) is 1. The molecule has 1 aromatic carbocycles. The molecule has 1 fully saturated rings. The van der Waals surface area contributed by atoms with Crippen LogP contribution in [0.1, 0.15) is 36.0 Å². The third-order valence-electron chi connectivity index (χ3n) is 3.93. The average Bonchev–Trinajstić information content (AvgIpc) is 2.95. The number of nitrogens with one attached hydrogen (secondary N) is 1. The predicted molar refractivity (Wildman–Crippen MR) is 85.8 cm³/mol. The van der Waals surface area contributed by atoms with Crippen LogP contribution in [0.2, 0.25) is 0 Å². The molecule has 0 aliphatic heterocycles. The lowest BCUT2D eigenvalue weighted by molar-refractivity contribution is 0.0946. The number of nitrogen functional groups attached to an aromatic ring is 1. The Morgan fingerprint density at radius 3 is 2.85 bits per heavy atom. The maximum atomic E-state index is 12.1. The first kappa shape index (κ1) is 15.3. The molecule has 1 aliphatic carbocycles. The monoisotopic (exact) mass is 339 g/mol. The Hall–Kier alpha value is -1.07. The molecule has 110 valence electrons. The van der Waals surface area contributed by atoms with Crippen LogP contribution in [0.3, 0.4) is 0 Å². The van der Waals surface area contributed by atoms with Crippen molar-refractivity contribution < 1.29 is 4.79 Å². The highest BCUT2D eigenvalue weighted by atomic mass is 79.9. The number of halogens is 1. The molecule has 1 amide bonds. The minimum atomic E-state index is -0.0796. The molecular formula is C15H22BrN3O. The average molecular weight is 340 g/mol. The highest BCUT2D eigenvalue weighted by Crippen LogP contribution is 2.22. The maximum Gasteiger partial charge on any atom is 0.252 e. The van der Waals surface area contributed by atoms with Crippen molar-refractivity contribution in [2.24, 2.45) is 0 Å². The van der Waals surface area contributed by atoms with E-state index in [1.165, 1.54) is 25.7 Å². The van der Waals surface area contributed by atoms with Gasteiger partial charge in [-0.25, -0.2) is 0 Å². The van der Waals surface area contributed by atoms with Gasteiger partial charge >= 0.3 is 0 Å². The number of likely N-dealkylation sites (N-methyl/N-ethyl adjacent to an activating group) is 1. The van der Waals surface area contributed by atoms with Gasteiger partial charge in [0.15, 0.2) is 0 Å². The van der Waals surface area contributed by atoms with E-state index in [1.54, 1.807) is 18.2 Å². The molecule has 0 aromatic heterocycles.